The number of carbonyl (C=O) groups is 1. The summed E-state index contributed by atoms with van der Waals surface area (Å²) in [5.41, 5.74) is 1.80. The Labute approximate surface area is 231 Å². The summed E-state index contributed by atoms with van der Waals surface area (Å²) in [6.45, 7) is 2.06. The van der Waals surface area contributed by atoms with Gasteiger partial charge in [-0.2, -0.15) is 0 Å². The van der Waals surface area contributed by atoms with Crippen molar-refractivity contribution in [2.75, 3.05) is 0 Å². The van der Waals surface area contributed by atoms with Crippen LogP contribution in [-0.2, 0) is 22.7 Å². The van der Waals surface area contributed by atoms with Gasteiger partial charge in [-0.25, -0.2) is 4.79 Å². The largest absolute Gasteiger partial charge is 0.487 e. The zero-order valence-electron chi connectivity index (χ0n) is 17.0. The molecule has 0 saturated carbocycles. The minimum absolute atomic E-state index is 0.104. The highest BCUT2D eigenvalue weighted by Crippen LogP contribution is 2.37. The topological polar surface area (TPSA) is 44.8 Å². The Morgan fingerprint density at radius 1 is 0.848 bits per heavy atom. The molecule has 0 radical (unpaired) electrons. The number of benzene rings is 3. The van der Waals surface area contributed by atoms with E-state index in [1.807, 2.05) is 36.4 Å². The van der Waals surface area contributed by atoms with Crippen LogP contribution in [0.5, 0.6) is 11.5 Å². The molecule has 3 aromatic carbocycles. The first-order chi connectivity index (χ1) is 15.6. The van der Waals surface area contributed by atoms with Crippen LogP contribution in [0.2, 0.25) is 15.1 Å². The summed E-state index contributed by atoms with van der Waals surface area (Å²) in [5, 5.41) is 0.833. The van der Waals surface area contributed by atoms with Crippen molar-refractivity contribution < 1.29 is 19.0 Å². The Bertz CT molecular complexity index is 1130. The lowest BCUT2D eigenvalue weighted by Crippen LogP contribution is -2.26. The Morgan fingerprint density at radius 3 is 2.00 bits per heavy atom. The second-order valence-corrected chi connectivity index (χ2v) is 10.7. The predicted octanol–water partition coefficient (Wildman–Crippen LogP) is 9.02. The minimum Gasteiger partial charge on any atom is -0.487 e. The summed E-state index contributed by atoms with van der Waals surface area (Å²) >= 11 is 28.4. The van der Waals surface area contributed by atoms with Crippen LogP contribution in [0.25, 0.3) is 0 Å². The van der Waals surface area contributed by atoms with E-state index < -0.39 is 12.1 Å². The summed E-state index contributed by atoms with van der Waals surface area (Å²) < 4.78 is 19.5. The van der Waals surface area contributed by atoms with Crippen molar-refractivity contribution in [3.05, 3.63) is 88.1 Å². The molecule has 0 spiro atoms. The molecule has 0 aromatic heterocycles. The van der Waals surface area contributed by atoms with Crippen LogP contribution in [0.1, 0.15) is 18.1 Å². The Morgan fingerprint density at radius 2 is 1.39 bits per heavy atom. The first-order valence-corrected chi connectivity index (χ1v) is 13.0. The fraction of sp³-hybridized carbons (Fsp3) is 0.174. The van der Waals surface area contributed by atoms with Crippen LogP contribution in [0.4, 0.5) is 0 Å². The van der Waals surface area contributed by atoms with Crippen molar-refractivity contribution in [1.82, 2.24) is 0 Å². The Balaban J connectivity index is 1.52. The molecule has 0 heterocycles. The third kappa shape index (κ3) is 7.51. The summed E-state index contributed by atoms with van der Waals surface area (Å²) in [5.74, 6) is 0.436. The van der Waals surface area contributed by atoms with E-state index in [-0.39, 0.29) is 22.4 Å². The van der Waals surface area contributed by atoms with Gasteiger partial charge in [0, 0.05) is 10.5 Å². The summed E-state index contributed by atoms with van der Waals surface area (Å²) in [6, 6.07) is 14.3. The molecule has 0 bridgehead atoms. The molecule has 0 aliphatic carbocycles. The molecule has 0 saturated heterocycles. The molecule has 1 unspecified atom stereocenters. The fourth-order valence-corrected chi connectivity index (χ4v) is 5.73. The van der Waals surface area contributed by atoms with Gasteiger partial charge in [0.05, 0.1) is 24.0 Å². The van der Waals surface area contributed by atoms with Crippen LogP contribution < -0.4 is 9.47 Å². The van der Waals surface area contributed by atoms with E-state index in [2.05, 4.69) is 47.8 Å². The summed E-state index contributed by atoms with van der Waals surface area (Å²) in [7, 11) is 0. The second kappa shape index (κ2) is 12.1. The molecule has 0 amide bonds. The number of rotatable bonds is 8. The lowest BCUT2D eigenvalue weighted by atomic mass is 10.1. The molecule has 3 aromatic rings. The van der Waals surface area contributed by atoms with Gasteiger partial charge in [0.15, 0.2) is 6.10 Å². The quantitative estimate of drug-likeness (QED) is 0.174. The predicted molar refractivity (Wildman–Crippen MR) is 142 cm³/mol. The van der Waals surface area contributed by atoms with Gasteiger partial charge in [0.1, 0.15) is 24.7 Å². The standard InChI is InChI=1S/C23H16Br3Cl3O4/c1-12(33-21-9-19(28)18(27)8-20(21)29)23(30)32-11-14-4-2-13(3-5-14)10-31-22-16(25)6-15(24)7-17(22)26/h2-9,12H,10-11H2,1H3. The van der Waals surface area contributed by atoms with Gasteiger partial charge >= 0.3 is 5.97 Å². The smallest absolute Gasteiger partial charge is 0.347 e. The molecule has 0 N–H and O–H groups in total. The molecule has 33 heavy (non-hydrogen) atoms. The van der Waals surface area contributed by atoms with Gasteiger partial charge < -0.3 is 14.2 Å². The van der Waals surface area contributed by atoms with E-state index in [4.69, 9.17) is 49.0 Å². The summed E-state index contributed by atoms with van der Waals surface area (Å²) in [6.07, 6.45) is -0.879. The minimum atomic E-state index is -0.879. The van der Waals surface area contributed by atoms with Crippen LogP contribution in [0.3, 0.4) is 0 Å². The number of ether oxygens (including phenoxy) is 3. The number of hydrogen-bond acceptors (Lipinski definition) is 4. The fourth-order valence-electron chi connectivity index (χ4n) is 2.66. The number of carbonyl (C=O) groups excluding carboxylic acids is 1. The first-order valence-electron chi connectivity index (χ1n) is 9.47. The summed E-state index contributed by atoms with van der Waals surface area (Å²) in [4.78, 5) is 12.3. The van der Waals surface area contributed by atoms with Crippen molar-refractivity contribution in [2.24, 2.45) is 0 Å². The van der Waals surface area contributed by atoms with E-state index >= 15 is 0 Å². The van der Waals surface area contributed by atoms with Gasteiger partial charge in [0.2, 0.25) is 0 Å². The van der Waals surface area contributed by atoms with Crippen LogP contribution in [-0.4, -0.2) is 12.1 Å². The third-order valence-electron chi connectivity index (χ3n) is 4.36. The third-order valence-corrected chi connectivity index (χ3v) is 7.01. The highest BCUT2D eigenvalue weighted by atomic mass is 79.9. The normalized spacial score (nSPS) is 11.7. The molecule has 10 heteroatoms. The molecule has 0 aliphatic heterocycles. The highest BCUT2D eigenvalue weighted by molar-refractivity contribution is 9.11. The van der Waals surface area contributed by atoms with Gasteiger partial charge in [-0.15, -0.1) is 0 Å². The van der Waals surface area contributed by atoms with Crippen molar-refractivity contribution >= 4 is 88.6 Å². The van der Waals surface area contributed by atoms with Gasteiger partial charge in [-0.3, -0.25) is 0 Å². The first kappa shape index (κ1) is 26.6. The van der Waals surface area contributed by atoms with E-state index in [9.17, 15) is 4.79 Å². The van der Waals surface area contributed by atoms with Gasteiger partial charge in [-0.05, 0) is 68.1 Å². The van der Waals surface area contributed by atoms with Crippen LogP contribution >= 0.6 is 82.6 Å². The molecule has 0 aliphatic rings. The van der Waals surface area contributed by atoms with Gasteiger partial charge in [0.25, 0.3) is 0 Å². The molecular weight excluding hydrogens is 686 g/mol. The van der Waals surface area contributed by atoms with Crippen LogP contribution in [0.15, 0.2) is 61.9 Å². The van der Waals surface area contributed by atoms with E-state index in [1.165, 1.54) is 12.1 Å². The SMILES string of the molecule is CC(Oc1cc(Cl)c(Cl)cc1Cl)C(=O)OCc1ccc(COc2c(Br)cc(Br)cc2Br)cc1. The molecule has 3 rings (SSSR count). The van der Waals surface area contributed by atoms with Crippen molar-refractivity contribution in [1.29, 1.82) is 0 Å². The lowest BCUT2D eigenvalue weighted by molar-refractivity contribution is -0.152. The maximum atomic E-state index is 12.3. The van der Waals surface area contributed by atoms with E-state index in [0.29, 0.717) is 17.4 Å². The molecule has 0 fully saturated rings. The number of halogens is 6. The zero-order valence-corrected chi connectivity index (χ0v) is 24.0. The average Bonchev–Trinajstić information content (AvgIpc) is 2.75. The van der Waals surface area contributed by atoms with Gasteiger partial charge in [-0.1, -0.05) is 75.0 Å². The lowest BCUT2D eigenvalue weighted by Gasteiger charge is -2.16. The van der Waals surface area contributed by atoms with E-state index in [0.717, 1.165) is 24.5 Å². The van der Waals surface area contributed by atoms with Crippen LogP contribution in [0, 0.1) is 0 Å². The molecule has 1 atom stereocenters. The van der Waals surface area contributed by atoms with Crippen molar-refractivity contribution in [2.45, 2.75) is 26.2 Å². The maximum Gasteiger partial charge on any atom is 0.347 e. The highest BCUT2D eigenvalue weighted by Gasteiger charge is 2.19. The number of esters is 1. The van der Waals surface area contributed by atoms with Crippen molar-refractivity contribution in [3.63, 3.8) is 0 Å². The Kier molecular flexibility index (Phi) is 9.80. The van der Waals surface area contributed by atoms with Crippen molar-refractivity contribution in [3.8, 4) is 11.5 Å². The monoisotopic (exact) mass is 698 g/mol. The molecular formula is C23H16Br3Cl3O4. The number of hydrogen-bond donors (Lipinski definition) is 0. The zero-order chi connectivity index (χ0) is 24.1. The molecule has 174 valence electrons. The Hall–Kier alpha value is -0.960. The van der Waals surface area contributed by atoms with E-state index in [1.54, 1.807) is 6.92 Å². The second-order valence-electron chi connectivity index (χ2n) is 6.87. The molecule has 4 nitrogen and oxygen atoms in total. The maximum absolute atomic E-state index is 12.3. The average molecular weight is 702 g/mol.